The summed E-state index contributed by atoms with van der Waals surface area (Å²) in [5.74, 6) is 0.158. The number of anilines is 1. The zero-order valence-corrected chi connectivity index (χ0v) is 16.2. The Morgan fingerprint density at radius 3 is 2.44 bits per heavy atom. The number of benzene rings is 2. The second-order valence-corrected chi connectivity index (χ2v) is 7.56. The van der Waals surface area contributed by atoms with E-state index in [4.69, 9.17) is 14.2 Å². The number of carbonyl (C=O) groups excluding carboxylic acids is 1. The third-order valence-corrected chi connectivity index (χ3v) is 4.20. The zero-order chi connectivity index (χ0) is 19.3. The molecular formula is C22H27NO4. The van der Waals surface area contributed by atoms with Gasteiger partial charge in [-0.05, 0) is 44.5 Å². The molecule has 2 aromatic carbocycles. The molecule has 1 heterocycles. The Kier molecular flexibility index (Phi) is 6.01. The molecule has 0 radical (unpaired) electrons. The molecule has 1 aliphatic heterocycles. The molecule has 1 fully saturated rings. The van der Waals surface area contributed by atoms with Crippen LogP contribution in [-0.2, 0) is 16.1 Å². The van der Waals surface area contributed by atoms with Crippen LogP contribution in [0.4, 0.5) is 5.69 Å². The van der Waals surface area contributed by atoms with Crippen molar-refractivity contribution in [2.45, 2.75) is 33.0 Å². The van der Waals surface area contributed by atoms with E-state index in [9.17, 15) is 4.79 Å². The van der Waals surface area contributed by atoms with Crippen LogP contribution in [-0.4, -0.2) is 37.9 Å². The zero-order valence-electron chi connectivity index (χ0n) is 16.2. The van der Waals surface area contributed by atoms with Gasteiger partial charge in [-0.3, -0.25) is 0 Å². The highest BCUT2D eigenvalue weighted by molar-refractivity contribution is 5.94. The van der Waals surface area contributed by atoms with Crippen molar-refractivity contribution in [1.82, 2.24) is 0 Å². The number of hydrogen-bond acceptors (Lipinski definition) is 5. The minimum atomic E-state index is -0.567. The summed E-state index contributed by atoms with van der Waals surface area (Å²) in [6, 6.07) is 15.6. The van der Waals surface area contributed by atoms with E-state index < -0.39 is 5.60 Å². The summed E-state index contributed by atoms with van der Waals surface area (Å²) in [7, 11) is 0. The molecule has 5 nitrogen and oxygen atoms in total. The van der Waals surface area contributed by atoms with Gasteiger partial charge >= 0.3 is 5.97 Å². The maximum Gasteiger partial charge on any atom is 0.342 e. The number of esters is 1. The van der Waals surface area contributed by atoms with E-state index in [1.807, 2.05) is 69.3 Å². The Labute approximate surface area is 160 Å². The summed E-state index contributed by atoms with van der Waals surface area (Å²) >= 11 is 0. The topological polar surface area (TPSA) is 48.0 Å². The van der Waals surface area contributed by atoms with Crippen LogP contribution in [0.3, 0.4) is 0 Å². The Morgan fingerprint density at radius 2 is 1.78 bits per heavy atom. The van der Waals surface area contributed by atoms with Crippen molar-refractivity contribution in [2.75, 3.05) is 31.2 Å². The lowest BCUT2D eigenvalue weighted by Crippen LogP contribution is -2.36. The van der Waals surface area contributed by atoms with Crippen LogP contribution in [0.5, 0.6) is 5.75 Å². The molecule has 0 aliphatic carbocycles. The quantitative estimate of drug-likeness (QED) is 0.744. The number of hydrogen-bond donors (Lipinski definition) is 0. The average molecular weight is 369 g/mol. The molecular weight excluding hydrogens is 342 g/mol. The van der Waals surface area contributed by atoms with Gasteiger partial charge in [0.05, 0.1) is 13.2 Å². The number of ether oxygens (including phenoxy) is 3. The molecule has 0 amide bonds. The Balaban J connectivity index is 1.84. The third kappa shape index (κ3) is 5.47. The fraction of sp³-hybridized carbons (Fsp3) is 0.409. The molecule has 1 aliphatic rings. The maximum absolute atomic E-state index is 12.8. The van der Waals surface area contributed by atoms with Crippen molar-refractivity contribution in [2.24, 2.45) is 0 Å². The Bertz CT molecular complexity index is 762. The standard InChI is InChI=1S/C22H27NO4/c1-22(2,3)27-21(24)19-15-18(23-11-13-25-14-12-23)9-10-20(19)26-16-17-7-5-4-6-8-17/h4-10,15H,11-14,16H2,1-3H3. The molecule has 0 aromatic heterocycles. The van der Waals surface area contributed by atoms with Crippen LogP contribution in [0.25, 0.3) is 0 Å². The number of carbonyl (C=O) groups is 1. The molecule has 0 saturated carbocycles. The van der Waals surface area contributed by atoms with Gasteiger partial charge in [-0.25, -0.2) is 4.79 Å². The minimum Gasteiger partial charge on any atom is -0.488 e. The predicted molar refractivity (Wildman–Crippen MR) is 105 cm³/mol. The van der Waals surface area contributed by atoms with Crippen LogP contribution < -0.4 is 9.64 Å². The first-order valence-electron chi connectivity index (χ1n) is 9.29. The summed E-state index contributed by atoms with van der Waals surface area (Å²) in [5, 5.41) is 0. The summed E-state index contributed by atoms with van der Waals surface area (Å²) in [6.07, 6.45) is 0. The van der Waals surface area contributed by atoms with Crippen molar-refractivity contribution in [3.05, 3.63) is 59.7 Å². The van der Waals surface area contributed by atoms with Crippen LogP contribution in [0.15, 0.2) is 48.5 Å². The smallest absolute Gasteiger partial charge is 0.342 e. The minimum absolute atomic E-state index is 0.374. The lowest BCUT2D eigenvalue weighted by atomic mass is 10.1. The summed E-state index contributed by atoms with van der Waals surface area (Å²) in [4.78, 5) is 15.0. The fourth-order valence-electron chi connectivity index (χ4n) is 2.89. The van der Waals surface area contributed by atoms with Crippen molar-refractivity contribution in [1.29, 1.82) is 0 Å². The lowest BCUT2D eigenvalue weighted by molar-refractivity contribution is 0.00655. The summed E-state index contributed by atoms with van der Waals surface area (Å²) in [6.45, 7) is 8.97. The first kappa shape index (κ1) is 19.2. The Morgan fingerprint density at radius 1 is 1.07 bits per heavy atom. The van der Waals surface area contributed by atoms with E-state index in [1.54, 1.807) is 0 Å². The van der Waals surface area contributed by atoms with E-state index in [1.165, 1.54) is 0 Å². The predicted octanol–water partition coefficient (Wildman–Crippen LogP) is 4.06. The molecule has 0 unspecified atom stereocenters. The molecule has 1 saturated heterocycles. The molecule has 0 N–H and O–H groups in total. The molecule has 0 bridgehead atoms. The first-order valence-corrected chi connectivity index (χ1v) is 9.29. The largest absolute Gasteiger partial charge is 0.488 e. The van der Waals surface area contributed by atoms with Gasteiger partial charge in [0.1, 0.15) is 23.5 Å². The first-order chi connectivity index (χ1) is 12.9. The number of morpholine rings is 1. The molecule has 5 heteroatoms. The van der Waals surface area contributed by atoms with E-state index in [0.717, 1.165) is 24.3 Å². The van der Waals surface area contributed by atoms with Gasteiger partial charge in [0.2, 0.25) is 0 Å². The average Bonchev–Trinajstić information content (AvgIpc) is 2.66. The van der Waals surface area contributed by atoms with Crippen molar-refractivity contribution in [3.63, 3.8) is 0 Å². The van der Waals surface area contributed by atoms with Gasteiger partial charge < -0.3 is 19.1 Å². The van der Waals surface area contributed by atoms with Crippen molar-refractivity contribution >= 4 is 11.7 Å². The van der Waals surface area contributed by atoms with E-state index in [2.05, 4.69) is 4.90 Å². The highest BCUT2D eigenvalue weighted by Crippen LogP contribution is 2.28. The monoisotopic (exact) mass is 369 g/mol. The number of nitrogens with zero attached hydrogens (tertiary/aromatic N) is 1. The van der Waals surface area contributed by atoms with E-state index in [0.29, 0.717) is 31.1 Å². The normalized spacial score (nSPS) is 14.7. The van der Waals surface area contributed by atoms with Gasteiger partial charge in [-0.2, -0.15) is 0 Å². The van der Waals surface area contributed by atoms with E-state index in [-0.39, 0.29) is 5.97 Å². The maximum atomic E-state index is 12.8. The third-order valence-electron chi connectivity index (χ3n) is 4.20. The van der Waals surface area contributed by atoms with Gasteiger partial charge in [0.25, 0.3) is 0 Å². The second kappa shape index (κ2) is 8.44. The van der Waals surface area contributed by atoms with E-state index >= 15 is 0 Å². The summed E-state index contributed by atoms with van der Waals surface area (Å²) in [5.41, 5.74) is 1.91. The summed E-state index contributed by atoms with van der Waals surface area (Å²) < 4.78 is 17.0. The fourth-order valence-corrected chi connectivity index (χ4v) is 2.89. The van der Waals surface area contributed by atoms with Crippen molar-refractivity contribution < 1.29 is 19.0 Å². The highest BCUT2D eigenvalue weighted by Gasteiger charge is 2.23. The highest BCUT2D eigenvalue weighted by atomic mass is 16.6. The SMILES string of the molecule is CC(C)(C)OC(=O)c1cc(N2CCOCC2)ccc1OCc1ccccc1. The molecule has 0 spiro atoms. The van der Waals surface area contributed by atoms with Crippen LogP contribution in [0.2, 0.25) is 0 Å². The molecule has 144 valence electrons. The van der Waals surface area contributed by atoms with Crippen LogP contribution in [0, 0.1) is 0 Å². The molecule has 2 aromatic rings. The molecule has 0 atom stereocenters. The molecule has 3 rings (SSSR count). The van der Waals surface area contributed by atoms with Gasteiger partial charge in [0.15, 0.2) is 0 Å². The number of rotatable bonds is 5. The van der Waals surface area contributed by atoms with Crippen LogP contribution >= 0.6 is 0 Å². The van der Waals surface area contributed by atoms with Crippen molar-refractivity contribution in [3.8, 4) is 5.75 Å². The Hall–Kier alpha value is -2.53. The lowest BCUT2D eigenvalue weighted by Gasteiger charge is -2.29. The molecule has 27 heavy (non-hydrogen) atoms. The van der Waals surface area contributed by atoms with Crippen LogP contribution in [0.1, 0.15) is 36.7 Å². The second-order valence-electron chi connectivity index (χ2n) is 7.56. The van der Waals surface area contributed by atoms with Gasteiger partial charge in [0, 0.05) is 18.8 Å². The van der Waals surface area contributed by atoms with Gasteiger partial charge in [-0.1, -0.05) is 30.3 Å². The van der Waals surface area contributed by atoms with Gasteiger partial charge in [-0.15, -0.1) is 0 Å².